The Morgan fingerprint density at radius 3 is 2.77 bits per heavy atom. The van der Waals surface area contributed by atoms with E-state index in [2.05, 4.69) is 10.1 Å². The van der Waals surface area contributed by atoms with Crippen LogP contribution in [-0.2, 0) is 4.74 Å². The summed E-state index contributed by atoms with van der Waals surface area (Å²) in [5, 5.41) is 5.04. The van der Waals surface area contributed by atoms with Crippen molar-refractivity contribution in [3.05, 3.63) is 47.1 Å². The molecule has 0 aliphatic heterocycles. The number of esters is 1. The molecule has 0 fully saturated rings. The van der Waals surface area contributed by atoms with E-state index in [1.807, 2.05) is 12.1 Å². The molecule has 2 heterocycles. The monoisotopic (exact) mass is 316 g/mol. The van der Waals surface area contributed by atoms with E-state index in [-0.39, 0.29) is 18.0 Å². The summed E-state index contributed by atoms with van der Waals surface area (Å²) in [4.78, 5) is 16.0. The van der Waals surface area contributed by atoms with Crippen LogP contribution < -0.4 is 5.73 Å². The third-order valence-electron chi connectivity index (χ3n) is 3.16. The normalized spacial score (nSPS) is 10.8. The van der Waals surface area contributed by atoms with Crippen molar-refractivity contribution in [2.45, 2.75) is 6.92 Å². The van der Waals surface area contributed by atoms with Gasteiger partial charge < -0.3 is 10.5 Å². The van der Waals surface area contributed by atoms with Gasteiger partial charge in [-0.05, 0) is 19.1 Å². The lowest BCUT2D eigenvalue weighted by Gasteiger charge is -2.05. The second kappa shape index (κ2) is 5.65. The minimum atomic E-state index is -0.516. The van der Waals surface area contributed by atoms with E-state index >= 15 is 0 Å². The Morgan fingerprint density at radius 1 is 1.36 bits per heavy atom. The van der Waals surface area contributed by atoms with E-state index in [0.29, 0.717) is 16.4 Å². The maximum absolute atomic E-state index is 11.8. The van der Waals surface area contributed by atoms with Crippen LogP contribution in [-0.4, -0.2) is 27.2 Å². The van der Waals surface area contributed by atoms with Crippen molar-refractivity contribution in [2.75, 3.05) is 12.3 Å². The van der Waals surface area contributed by atoms with Gasteiger partial charge in [0.2, 0.25) is 0 Å². The minimum absolute atomic E-state index is 0.195. The van der Waals surface area contributed by atoms with Gasteiger partial charge in [0.1, 0.15) is 11.4 Å². The lowest BCUT2D eigenvalue weighted by molar-refractivity contribution is 0.0526. The molecule has 6 nitrogen and oxygen atoms in total. The van der Waals surface area contributed by atoms with Crippen LogP contribution in [0.5, 0.6) is 0 Å². The molecule has 0 saturated heterocycles. The van der Waals surface area contributed by atoms with Gasteiger partial charge in [-0.2, -0.15) is 9.61 Å². The number of nitrogens with zero attached hydrogens (tertiary/aromatic N) is 3. The van der Waals surface area contributed by atoms with Crippen molar-refractivity contribution in [2.24, 2.45) is 0 Å². The molecule has 2 aromatic heterocycles. The molecule has 1 aromatic carbocycles. The summed E-state index contributed by atoms with van der Waals surface area (Å²) in [5.74, 6) is -0.318. The predicted octanol–water partition coefficient (Wildman–Crippen LogP) is 2.81. The molecule has 0 aliphatic rings. The number of aromatic nitrogens is 3. The molecule has 0 radical (unpaired) electrons. The third kappa shape index (κ3) is 2.48. The van der Waals surface area contributed by atoms with Crippen molar-refractivity contribution in [1.82, 2.24) is 14.6 Å². The van der Waals surface area contributed by atoms with Gasteiger partial charge in [0.25, 0.3) is 0 Å². The molecule has 0 atom stereocenters. The quantitative estimate of drug-likeness (QED) is 0.751. The van der Waals surface area contributed by atoms with Gasteiger partial charge in [-0.15, -0.1) is 0 Å². The van der Waals surface area contributed by atoms with E-state index in [4.69, 9.17) is 22.1 Å². The highest BCUT2D eigenvalue weighted by Crippen LogP contribution is 2.23. The van der Waals surface area contributed by atoms with E-state index in [0.717, 1.165) is 5.56 Å². The number of halogens is 1. The smallest absolute Gasteiger partial charge is 0.343 e. The number of nitrogen functional groups attached to an aromatic ring is 1. The summed E-state index contributed by atoms with van der Waals surface area (Å²) in [6.07, 6.45) is 1.40. The van der Waals surface area contributed by atoms with Crippen molar-refractivity contribution in [3.63, 3.8) is 0 Å². The Balaban J connectivity index is 2.08. The Morgan fingerprint density at radius 2 is 2.09 bits per heavy atom. The van der Waals surface area contributed by atoms with Crippen LogP contribution in [0.1, 0.15) is 17.3 Å². The summed E-state index contributed by atoms with van der Waals surface area (Å²) in [6.45, 7) is 2.00. The molecule has 112 valence electrons. The number of hydrogen-bond acceptors (Lipinski definition) is 5. The summed E-state index contributed by atoms with van der Waals surface area (Å²) in [7, 11) is 0. The number of hydrogen-bond donors (Lipinski definition) is 1. The predicted molar refractivity (Wildman–Crippen MR) is 83.8 cm³/mol. The number of ether oxygens (including phenoxy) is 1. The second-order valence-electron chi connectivity index (χ2n) is 4.58. The lowest BCUT2D eigenvalue weighted by Crippen LogP contribution is -2.12. The molecular weight excluding hydrogens is 304 g/mol. The maximum Gasteiger partial charge on any atom is 0.343 e. The number of nitrogens with two attached hydrogens (primary N) is 1. The summed E-state index contributed by atoms with van der Waals surface area (Å²) < 4.78 is 6.37. The molecule has 3 rings (SSSR count). The van der Waals surface area contributed by atoms with E-state index < -0.39 is 5.97 Å². The highest BCUT2D eigenvalue weighted by atomic mass is 35.5. The highest BCUT2D eigenvalue weighted by Gasteiger charge is 2.16. The first-order valence-electron chi connectivity index (χ1n) is 6.67. The number of fused-ring (bicyclic) bond motifs is 1. The average Bonchev–Trinajstić information content (AvgIpc) is 2.93. The van der Waals surface area contributed by atoms with E-state index in [1.165, 1.54) is 10.7 Å². The summed E-state index contributed by atoms with van der Waals surface area (Å²) in [6, 6.07) is 9.05. The molecule has 0 bridgehead atoms. The number of benzene rings is 1. The average molecular weight is 317 g/mol. The van der Waals surface area contributed by atoms with Gasteiger partial charge in [-0.1, -0.05) is 23.7 Å². The van der Waals surface area contributed by atoms with Crippen LogP contribution in [0.2, 0.25) is 5.02 Å². The van der Waals surface area contributed by atoms with Gasteiger partial charge in [0.05, 0.1) is 12.3 Å². The van der Waals surface area contributed by atoms with Crippen molar-refractivity contribution >= 4 is 29.0 Å². The molecule has 2 N–H and O–H groups in total. The van der Waals surface area contributed by atoms with Gasteiger partial charge in [-0.25, -0.2) is 9.78 Å². The zero-order valence-corrected chi connectivity index (χ0v) is 12.5. The number of carbonyl (C=O) groups is 1. The van der Waals surface area contributed by atoms with Gasteiger partial charge >= 0.3 is 5.97 Å². The van der Waals surface area contributed by atoms with Crippen molar-refractivity contribution in [3.8, 4) is 11.3 Å². The highest BCUT2D eigenvalue weighted by molar-refractivity contribution is 6.30. The molecule has 0 aliphatic carbocycles. The minimum Gasteiger partial charge on any atom is -0.462 e. The fourth-order valence-electron chi connectivity index (χ4n) is 2.08. The lowest BCUT2D eigenvalue weighted by atomic mass is 10.2. The van der Waals surface area contributed by atoms with E-state index in [9.17, 15) is 4.79 Å². The van der Waals surface area contributed by atoms with Crippen molar-refractivity contribution in [1.29, 1.82) is 0 Å². The Labute approximate surface area is 131 Å². The first-order chi connectivity index (χ1) is 10.6. The van der Waals surface area contributed by atoms with Gasteiger partial charge in [-0.3, -0.25) is 0 Å². The van der Waals surface area contributed by atoms with Crippen LogP contribution in [0.3, 0.4) is 0 Å². The van der Waals surface area contributed by atoms with Gasteiger partial charge in [0, 0.05) is 22.8 Å². The van der Waals surface area contributed by atoms with Gasteiger partial charge in [0.15, 0.2) is 5.65 Å². The number of carbonyl (C=O) groups excluding carboxylic acids is 1. The van der Waals surface area contributed by atoms with Crippen LogP contribution in [0.4, 0.5) is 5.82 Å². The molecule has 3 aromatic rings. The second-order valence-corrected chi connectivity index (χ2v) is 5.02. The zero-order chi connectivity index (χ0) is 15.7. The SMILES string of the molecule is CCOC(=O)c1cnc2cc(-c3ccc(Cl)cc3)nn2c1N. The van der Waals surface area contributed by atoms with Crippen LogP contribution in [0.25, 0.3) is 16.9 Å². The summed E-state index contributed by atoms with van der Waals surface area (Å²) >= 11 is 5.88. The molecule has 22 heavy (non-hydrogen) atoms. The van der Waals surface area contributed by atoms with Crippen LogP contribution in [0.15, 0.2) is 36.5 Å². The summed E-state index contributed by atoms with van der Waals surface area (Å²) in [5.41, 5.74) is 8.32. The fourth-order valence-corrected chi connectivity index (χ4v) is 2.21. The molecule has 7 heteroatoms. The first-order valence-corrected chi connectivity index (χ1v) is 7.05. The molecule has 0 amide bonds. The molecular formula is C15H13ClN4O2. The van der Waals surface area contributed by atoms with Crippen LogP contribution in [0, 0.1) is 0 Å². The maximum atomic E-state index is 11.8. The topological polar surface area (TPSA) is 82.5 Å². The Bertz CT molecular complexity index is 843. The molecule has 0 unspecified atom stereocenters. The molecule has 0 saturated carbocycles. The zero-order valence-electron chi connectivity index (χ0n) is 11.8. The Kier molecular flexibility index (Phi) is 3.68. The number of anilines is 1. The first kappa shape index (κ1) is 14.3. The van der Waals surface area contributed by atoms with Crippen molar-refractivity contribution < 1.29 is 9.53 Å². The van der Waals surface area contributed by atoms with Crippen LogP contribution >= 0.6 is 11.6 Å². The standard InChI is InChI=1S/C15H13ClN4O2/c1-2-22-15(21)11-8-18-13-7-12(19-20(13)14(11)17)9-3-5-10(16)6-4-9/h3-8H,2,17H2,1H3. The fraction of sp³-hybridized carbons (Fsp3) is 0.133. The molecule has 0 spiro atoms. The Hall–Kier alpha value is -2.60. The number of rotatable bonds is 3. The van der Waals surface area contributed by atoms with E-state index in [1.54, 1.807) is 25.1 Å². The largest absolute Gasteiger partial charge is 0.462 e. The third-order valence-corrected chi connectivity index (χ3v) is 3.41.